The van der Waals surface area contributed by atoms with Gasteiger partial charge >= 0.3 is 0 Å². The zero-order valence-electron chi connectivity index (χ0n) is 12.8. The van der Waals surface area contributed by atoms with E-state index in [0.29, 0.717) is 19.4 Å². The molecule has 0 bridgehead atoms. The molecule has 0 aliphatic heterocycles. The van der Waals surface area contributed by atoms with Crippen LogP contribution in [0.15, 0.2) is 16.9 Å². The molecule has 1 rings (SSSR count). The van der Waals surface area contributed by atoms with E-state index in [4.69, 9.17) is 5.11 Å². The molecule has 1 amide bonds. The molecule has 6 heteroatoms. The molecule has 0 spiro atoms. The minimum Gasteiger partial charge on any atom is -0.396 e. The number of carbonyl (C=O) groups is 1. The van der Waals surface area contributed by atoms with Gasteiger partial charge in [0.15, 0.2) is 0 Å². The van der Waals surface area contributed by atoms with Gasteiger partial charge in [0, 0.05) is 25.4 Å². The minimum absolute atomic E-state index is 0.0106. The van der Waals surface area contributed by atoms with E-state index in [2.05, 4.69) is 5.32 Å². The summed E-state index contributed by atoms with van der Waals surface area (Å²) in [7, 11) is 0. The summed E-state index contributed by atoms with van der Waals surface area (Å²) in [6.07, 6.45) is 0.826. The molecule has 1 atom stereocenters. The Hall–Kier alpha value is -1.66. The first-order chi connectivity index (χ1) is 9.82. The Morgan fingerprint density at radius 2 is 2.10 bits per heavy atom. The number of aliphatic hydroxyl groups is 2. The van der Waals surface area contributed by atoms with Gasteiger partial charge in [-0.25, -0.2) is 0 Å². The van der Waals surface area contributed by atoms with E-state index in [1.165, 1.54) is 10.6 Å². The zero-order chi connectivity index (χ0) is 16.0. The number of hydrogen-bond acceptors (Lipinski definition) is 4. The number of aliphatic hydroxyl groups excluding tert-OH is 1. The molecule has 3 N–H and O–H groups in total. The lowest BCUT2D eigenvalue weighted by atomic mass is 10.0. The third-order valence-electron chi connectivity index (χ3n) is 3.46. The molecular weight excluding hydrogens is 272 g/mol. The van der Waals surface area contributed by atoms with Crippen LogP contribution < -0.4 is 10.9 Å². The van der Waals surface area contributed by atoms with Gasteiger partial charge < -0.3 is 20.1 Å². The summed E-state index contributed by atoms with van der Waals surface area (Å²) in [5.41, 5.74) is -0.563. The van der Waals surface area contributed by atoms with Crippen molar-refractivity contribution in [1.82, 2.24) is 9.88 Å². The predicted molar refractivity (Wildman–Crippen MR) is 80.4 cm³/mol. The molecule has 0 aliphatic rings. The number of aromatic nitrogens is 1. The van der Waals surface area contributed by atoms with Crippen molar-refractivity contribution in [1.29, 1.82) is 0 Å². The molecule has 118 valence electrons. The molecule has 21 heavy (non-hydrogen) atoms. The van der Waals surface area contributed by atoms with Crippen LogP contribution >= 0.6 is 0 Å². The third-order valence-corrected chi connectivity index (χ3v) is 3.46. The van der Waals surface area contributed by atoms with Crippen molar-refractivity contribution < 1.29 is 15.0 Å². The lowest BCUT2D eigenvalue weighted by molar-refractivity contribution is 0.0415. The summed E-state index contributed by atoms with van der Waals surface area (Å²) in [6, 6.07) is 3.23. The van der Waals surface area contributed by atoms with Gasteiger partial charge in [-0.2, -0.15) is 0 Å². The first-order valence-corrected chi connectivity index (χ1v) is 7.14. The number of hydrogen-bond donors (Lipinski definition) is 3. The largest absolute Gasteiger partial charge is 0.396 e. The van der Waals surface area contributed by atoms with Crippen molar-refractivity contribution in [2.24, 2.45) is 0 Å². The van der Waals surface area contributed by atoms with Gasteiger partial charge in [-0.15, -0.1) is 0 Å². The molecule has 0 fully saturated rings. The lowest BCUT2D eigenvalue weighted by Gasteiger charge is -2.23. The van der Waals surface area contributed by atoms with Crippen LogP contribution in [-0.4, -0.2) is 39.4 Å². The summed E-state index contributed by atoms with van der Waals surface area (Å²) in [5, 5.41) is 21.4. The maximum Gasteiger partial charge on any atom is 0.263 e. The Morgan fingerprint density at radius 3 is 2.67 bits per heavy atom. The van der Waals surface area contributed by atoms with Crippen LogP contribution in [0, 0.1) is 6.92 Å². The van der Waals surface area contributed by atoms with Crippen molar-refractivity contribution in [2.75, 3.05) is 13.2 Å². The average Bonchev–Trinajstić information content (AvgIpc) is 2.43. The van der Waals surface area contributed by atoms with E-state index >= 15 is 0 Å². The van der Waals surface area contributed by atoms with Crippen molar-refractivity contribution >= 4 is 5.91 Å². The Morgan fingerprint density at radius 1 is 1.43 bits per heavy atom. The number of nitrogens with zero attached hydrogens (tertiary/aromatic N) is 1. The van der Waals surface area contributed by atoms with Gasteiger partial charge in [0.2, 0.25) is 0 Å². The highest BCUT2D eigenvalue weighted by Crippen LogP contribution is 2.10. The van der Waals surface area contributed by atoms with Gasteiger partial charge in [-0.3, -0.25) is 9.59 Å². The Bertz CT molecular complexity index is 549. The van der Waals surface area contributed by atoms with Crippen LogP contribution in [0.5, 0.6) is 0 Å². The fraction of sp³-hybridized carbons (Fsp3) is 0.600. The van der Waals surface area contributed by atoms with E-state index in [0.717, 1.165) is 5.69 Å². The third kappa shape index (κ3) is 4.68. The van der Waals surface area contributed by atoms with E-state index in [-0.39, 0.29) is 24.3 Å². The molecule has 0 radical (unpaired) electrons. The number of carbonyl (C=O) groups excluding carboxylic acids is 1. The maximum absolute atomic E-state index is 12.2. The highest BCUT2D eigenvalue weighted by Gasteiger charge is 2.22. The van der Waals surface area contributed by atoms with E-state index in [9.17, 15) is 14.7 Å². The fourth-order valence-corrected chi connectivity index (χ4v) is 2.15. The molecule has 0 aliphatic carbocycles. The summed E-state index contributed by atoms with van der Waals surface area (Å²) in [6.45, 7) is 5.76. The molecule has 1 aromatic heterocycles. The fourth-order valence-electron chi connectivity index (χ4n) is 2.15. The first-order valence-electron chi connectivity index (χ1n) is 7.14. The standard InChI is InChI=1S/C15H24N2O4/c1-4-17-11(2)6-7-12(14(17)20)13(19)16-10-15(3,21)8-5-9-18/h6-7,18,21H,4-5,8-10H2,1-3H3,(H,16,19). The molecule has 0 aromatic carbocycles. The maximum atomic E-state index is 12.2. The summed E-state index contributed by atoms with van der Waals surface area (Å²) >= 11 is 0. The molecule has 1 unspecified atom stereocenters. The quantitative estimate of drug-likeness (QED) is 0.680. The van der Waals surface area contributed by atoms with Crippen LogP contribution in [0.1, 0.15) is 42.7 Å². The monoisotopic (exact) mass is 296 g/mol. The van der Waals surface area contributed by atoms with Gasteiger partial charge in [0.05, 0.1) is 5.60 Å². The normalized spacial score (nSPS) is 13.8. The van der Waals surface area contributed by atoms with Crippen molar-refractivity contribution in [3.8, 4) is 0 Å². The first kappa shape index (κ1) is 17.4. The molecule has 1 heterocycles. The van der Waals surface area contributed by atoms with Crippen molar-refractivity contribution in [3.05, 3.63) is 33.7 Å². The minimum atomic E-state index is -1.10. The van der Waals surface area contributed by atoms with Gasteiger partial charge in [0.1, 0.15) is 5.56 Å². The highest BCUT2D eigenvalue weighted by atomic mass is 16.3. The molecule has 0 saturated heterocycles. The van der Waals surface area contributed by atoms with Crippen molar-refractivity contribution in [2.45, 2.75) is 45.8 Å². The van der Waals surface area contributed by atoms with E-state index in [1.54, 1.807) is 13.0 Å². The number of aryl methyl sites for hydroxylation is 1. The summed E-state index contributed by atoms with van der Waals surface area (Å²) < 4.78 is 1.53. The lowest BCUT2D eigenvalue weighted by Crippen LogP contribution is -2.42. The molecule has 6 nitrogen and oxygen atoms in total. The second-order valence-corrected chi connectivity index (χ2v) is 5.44. The van der Waals surface area contributed by atoms with Gasteiger partial charge in [0.25, 0.3) is 11.5 Å². The van der Waals surface area contributed by atoms with Gasteiger partial charge in [-0.1, -0.05) is 0 Å². The second kappa shape index (κ2) is 7.38. The SMILES string of the molecule is CCn1c(C)ccc(C(=O)NCC(C)(O)CCCO)c1=O. The number of amides is 1. The molecular formula is C15H24N2O4. The van der Waals surface area contributed by atoms with E-state index < -0.39 is 11.5 Å². The van der Waals surface area contributed by atoms with E-state index in [1.807, 2.05) is 13.8 Å². The van der Waals surface area contributed by atoms with Crippen LogP contribution in [-0.2, 0) is 6.54 Å². The average molecular weight is 296 g/mol. The Labute approximate surface area is 124 Å². The molecule has 1 aromatic rings. The Kier molecular flexibility index (Phi) is 6.11. The van der Waals surface area contributed by atoms with Gasteiger partial charge in [-0.05, 0) is 45.7 Å². The summed E-state index contributed by atoms with van der Waals surface area (Å²) in [5.74, 6) is -0.494. The Balaban J connectivity index is 2.80. The van der Waals surface area contributed by atoms with Crippen LogP contribution in [0.2, 0.25) is 0 Å². The highest BCUT2D eigenvalue weighted by molar-refractivity contribution is 5.93. The zero-order valence-corrected chi connectivity index (χ0v) is 12.8. The number of nitrogens with one attached hydrogen (secondary N) is 1. The smallest absolute Gasteiger partial charge is 0.263 e. The van der Waals surface area contributed by atoms with Crippen LogP contribution in [0.25, 0.3) is 0 Å². The summed E-state index contributed by atoms with van der Waals surface area (Å²) in [4.78, 5) is 24.2. The van der Waals surface area contributed by atoms with Crippen LogP contribution in [0.4, 0.5) is 0 Å². The van der Waals surface area contributed by atoms with Crippen LogP contribution in [0.3, 0.4) is 0 Å². The topological polar surface area (TPSA) is 91.6 Å². The predicted octanol–water partition coefficient (Wildman–Crippen LogP) is 0.430. The molecule has 0 saturated carbocycles. The number of pyridine rings is 1. The van der Waals surface area contributed by atoms with Crippen molar-refractivity contribution in [3.63, 3.8) is 0 Å². The second-order valence-electron chi connectivity index (χ2n) is 5.44. The number of rotatable bonds is 7.